The summed E-state index contributed by atoms with van der Waals surface area (Å²) in [4.78, 5) is 45.6. The maximum atomic E-state index is 13.6. The summed E-state index contributed by atoms with van der Waals surface area (Å²) < 4.78 is 13.5. The fourth-order valence-corrected chi connectivity index (χ4v) is 5.05. The van der Waals surface area contributed by atoms with Gasteiger partial charge in [-0.25, -0.2) is 4.39 Å². The average Bonchev–Trinajstić information content (AvgIpc) is 3.34. The van der Waals surface area contributed by atoms with Crippen LogP contribution in [0, 0.1) is 11.7 Å². The van der Waals surface area contributed by atoms with Crippen molar-refractivity contribution in [2.24, 2.45) is 5.92 Å². The second-order valence-electron chi connectivity index (χ2n) is 9.87. The third-order valence-corrected chi connectivity index (χ3v) is 7.05. The summed E-state index contributed by atoms with van der Waals surface area (Å²) in [5, 5.41) is 3.25. The van der Waals surface area contributed by atoms with Crippen molar-refractivity contribution < 1.29 is 18.8 Å². The van der Waals surface area contributed by atoms with E-state index in [1.807, 2.05) is 49.1 Å². The van der Waals surface area contributed by atoms with Crippen molar-refractivity contribution in [3.05, 3.63) is 71.5 Å². The van der Waals surface area contributed by atoms with Crippen molar-refractivity contribution in [1.82, 2.24) is 20.0 Å². The zero-order chi connectivity index (χ0) is 25.7. The maximum absolute atomic E-state index is 13.6. The lowest BCUT2D eigenvalue weighted by molar-refractivity contribution is -0.138. The van der Waals surface area contributed by atoms with Crippen LogP contribution >= 0.6 is 0 Å². The number of piperazine rings is 1. The summed E-state index contributed by atoms with van der Waals surface area (Å²) in [5.74, 6) is -1.01. The monoisotopic (exact) mass is 494 g/mol. The summed E-state index contributed by atoms with van der Waals surface area (Å²) >= 11 is 0. The second-order valence-corrected chi connectivity index (χ2v) is 9.87. The zero-order valence-corrected chi connectivity index (χ0v) is 21.0. The molecule has 0 bridgehead atoms. The van der Waals surface area contributed by atoms with Crippen LogP contribution in [0.3, 0.4) is 0 Å². The maximum Gasteiger partial charge on any atom is 0.254 e. The molecule has 2 heterocycles. The lowest BCUT2D eigenvalue weighted by atomic mass is 10.0. The topological polar surface area (TPSA) is 73.0 Å². The minimum atomic E-state index is -0.662. The van der Waals surface area contributed by atoms with E-state index in [0.717, 1.165) is 5.56 Å². The van der Waals surface area contributed by atoms with Crippen LogP contribution in [-0.4, -0.2) is 83.8 Å². The number of nitrogens with one attached hydrogen (secondary N) is 1. The summed E-state index contributed by atoms with van der Waals surface area (Å²) in [6.07, 6.45) is 1.08. The lowest BCUT2D eigenvalue weighted by Gasteiger charge is -2.32. The van der Waals surface area contributed by atoms with Crippen LogP contribution in [0.15, 0.2) is 54.6 Å². The zero-order valence-electron chi connectivity index (χ0n) is 21.0. The molecule has 8 heteroatoms. The largest absolute Gasteiger partial charge is 0.338 e. The molecular weight excluding hydrogens is 459 g/mol. The van der Waals surface area contributed by atoms with E-state index in [-0.39, 0.29) is 36.2 Å². The smallest absolute Gasteiger partial charge is 0.254 e. The van der Waals surface area contributed by atoms with Crippen LogP contribution in [0.2, 0.25) is 0 Å². The van der Waals surface area contributed by atoms with E-state index in [9.17, 15) is 18.8 Å². The highest BCUT2D eigenvalue weighted by atomic mass is 19.1. The fraction of sp³-hybridized carbons (Fsp3) is 0.464. The molecule has 3 amide bonds. The molecule has 2 aliphatic heterocycles. The van der Waals surface area contributed by atoms with Crippen molar-refractivity contribution >= 4 is 17.7 Å². The molecular formula is C28H35FN4O3. The molecule has 0 spiro atoms. The van der Waals surface area contributed by atoms with Crippen molar-refractivity contribution in [2.75, 3.05) is 39.3 Å². The molecule has 0 aliphatic carbocycles. The van der Waals surface area contributed by atoms with Crippen molar-refractivity contribution in [3.8, 4) is 0 Å². The van der Waals surface area contributed by atoms with Gasteiger partial charge in [-0.05, 0) is 42.7 Å². The predicted molar refractivity (Wildman–Crippen MR) is 136 cm³/mol. The van der Waals surface area contributed by atoms with Gasteiger partial charge in [0, 0.05) is 50.7 Å². The van der Waals surface area contributed by atoms with E-state index >= 15 is 0 Å². The van der Waals surface area contributed by atoms with Gasteiger partial charge in [0.2, 0.25) is 11.8 Å². The molecule has 2 atom stereocenters. The lowest BCUT2D eigenvalue weighted by Crippen LogP contribution is -2.53. The normalized spacial score (nSPS) is 20.0. The second kappa shape index (κ2) is 11.6. The molecule has 0 aromatic heterocycles. The van der Waals surface area contributed by atoms with Crippen LogP contribution in [-0.2, 0) is 16.0 Å². The molecule has 2 fully saturated rings. The van der Waals surface area contributed by atoms with E-state index in [0.29, 0.717) is 51.1 Å². The number of benzene rings is 2. The standard InChI is InChI=1S/C28H35FN4O3/c1-20(2)26(34)32(15-12-21-6-4-3-5-7-21)24-18-25(28(36)31-16-13-30-14-17-31)33(19-24)27(35)22-8-10-23(29)11-9-22/h3-11,20,24-25,30H,12-19H2,1-2H3. The van der Waals surface area contributed by atoms with Crippen LogP contribution in [0.25, 0.3) is 0 Å². The first-order valence-corrected chi connectivity index (χ1v) is 12.8. The van der Waals surface area contributed by atoms with Gasteiger partial charge in [0.15, 0.2) is 0 Å². The third kappa shape index (κ3) is 5.93. The number of likely N-dealkylation sites (tertiary alicyclic amines) is 1. The summed E-state index contributed by atoms with van der Waals surface area (Å²) in [6, 6.07) is 14.5. The Balaban J connectivity index is 1.59. The molecule has 192 valence electrons. The van der Waals surface area contributed by atoms with Gasteiger partial charge in [0.05, 0.1) is 6.04 Å². The fourth-order valence-electron chi connectivity index (χ4n) is 5.05. The van der Waals surface area contributed by atoms with Crippen LogP contribution in [0.4, 0.5) is 4.39 Å². The Morgan fingerprint density at radius 2 is 1.69 bits per heavy atom. The number of rotatable bonds is 7. The average molecular weight is 495 g/mol. The summed E-state index contributed by atoms with van der Waals surface area (Å²) in [7, 11) is 0. The van der Waals surface area contributed by atoms with E-state index in [1.54, 1.807) is 9.80 Å². The minimum Gasteiger partial charge on any atom is -0.338 e. The Labute approximate surface area is 212 Å². The predicted octanol–water partition coefficient (Wildman–Crippen LogP) is 2.57. The molecule has 4 rings (SSSR count). The first-order chi connectivity index (χ1) is 17.3. The molecule has 1 N–H and O–H groups in total. The van der Waals surface area contributed by atoms with Gasteiger partial charge in [-0.15, -0.1) is 0 Å². The highest BCUT2D eigenvalue weighted by Crippen LogP contribution is 2.28. The van der Waals surface area contributed by atoms with Gasteiger partial charge >= 0.3 is 0 Å². The Morgan fingerprint density at radius 1 is 1.03 bits per heavy atom. The van der Waals surface area contributed by atoms with Gasteiger partial charge in [0.25, 0.3) is 5.91 Å². The van der Waals surface area contributed by atoms with Crippen LogP contribution in [0.1, 0.15) is 36.2 Å². The Kier molecular flexibility index (Phi) is 8.36. The van der Waals surface area contributed by atoms with Crippen molar-refractivity contribution in [2.45, 2.75) is 38.8 Å². The molecule has 2 unspecified atom stereocenters. The molecule has 36 heavy (non-hydrogen) atoms. The van der Waals surface area contributed by atoms with Gasteiger partial charge < -0.3 is 20.0 Å². The number of nitrogens with zero attached hydrogens (tertiary/aromatic N) is 3. The number of amides is 3. The first-order valence-electron chi connectivity index (χ1n) is 12.8. The van der Waals surface area contributed by atoms with Gasteiger partial charge in [-0.2, -0.15) is 0 Å². The van der Waals surface area contributed by atoms with Crippen LogP contribution in [0.5, 0.6) is 0 Å². The summed E-state index contributed by atoms with van der Waals surface area (Å²) in [5.41, 5.74) is 1.46. The van der Waals surface area contributed by atoms with Crippen LogP contribution < -0.4 is 5.32 Å². The number of halogens is 1. The highest BCUT2D eigenvalue weighted by Gasteiger charge is 2.44. The SMILES string of the molecule is CC(C)C(=O)N(CCc1ccccc1)C1CC(C(=O)N2CCNCC2)N(C(=O)c2ccc(F)cc2)C1. The molecule has 0 radical (unpaired) electrons. The number of carbonyl (C=O) groups is 3. The van der Waals surface area contributed by atoms with E-state index in [1.165, 1.54) is 24.3 Å². The molecule has 0 saturated carbocycles. The van der Waals surface area contributed by atoms with Gasteiger partial charge in [-0.3, -0.25) is 14.4 Å². The van der Waals surface area contributed by atoms with E-state index in [2.05, 4.69) is 5.32 Å². The molecule has 2 saturated heterocycles. The first kappa shape index (κ1) is 25.8. The summed E-state index contributed by atoms with van der Waals surface area (Å²) in [6.45, 7) is 7.12. The molecule has 7 nitrogen and oxygen atoms in total. The minimum absolute atomic E-state index is 0.0142. The van der Waals surface area contributed by atoms with E-state index < -0.39 is 11.9 Å². The molecule has 2 aromatic carbocycles. The highest BCUT2D eigenvalue weighted by molar-refractivity contribution is 5.98. The number of hydrogen-bond acceptors (Lipinski definition) is 4. The number of hydrogen-bond donors (Lipinski definition) is 1. The Bertz CT molecular complexity index is 1050. The van der Waals surface area contributed by atoms with E-state index in [4.69, 9.17) is 0 Å². The van der Waals surface area contributed by atoms with Crippen molar-refractivity contribution in [3.63, 3.8) is 0 Å². The number of carbonyl (C=O) groups excluding carboxylic acids is 3. The molecule has 2 aromatic rings. The molecule has 2 aliphatic rings. The van der Waals surface area contributed by atoms with Crippen molar-refractivity contribution in [1.29, 1.82) is 0 Å². The Morgan fingerprint density at radius 3 is 2.33 bits per heavy atom. The quantitative estimate of drug-likeness (QED) is 0.642. The third-order valence-electron chi connectivity index (χ3n) is 7.05. The van der Waals surface area contributed by atoms with Gasteiger partial charge in [0.1, 0.15) is 11.9 Å². The Hall–Kier alpha value is -3.26. The van der Waals surface area contributed by atoms with Gasteiger partial charge in [-0.1, -0.05) is 44.2 Å².